The molecule has 0 aliphatic carbocycles. The fraction of sp³-hybridized carbons (Fsp3) is 0.0208. The van der Waals surface area contributed by atoms with Gasteiger partial charge in [-0.15, -0.1) is 0 Å². The lowest BCUT2D eigenvalue weighted by molar-refractivity contribution is 1.18. The molecule has 10 aromatic rings. The molecule has 2 heteroatoms. The monoisotopic (exact) mass is 634 g/mol. The minimum atomic E-state index is 0.675. The van der Waals surface area contributed by atoms with E-state index in [-0.39, 0.29) is 0 Å². The Labute approximate surface area is 289 Å². The SMILES string of the molecule is Cc1ccc(-n2c3ccccc3c3c4c(ccc32)c2ccccc2c2cc(-c3ccc5cc(-c6ccc(C#N)cc6)ccc5c3)ccc24)cc1. The van der Waals surface area contributed by atoms with Gasteiger partial charge in [0.1, 0.15) is 0 Å². The van der Waals surface area contributed by atoms with Crippen molar-refractivity contribution in [2.45, 2.75) is 6.92 Å². The zero-order valence-corrected chi connectivity index (χ0v) is 27.5. The van der Waals surface area contributed by atoms with Gasteiger partial charge in [0.2, 0.25) is 0 Å². The van der Waals surface area contributed by atoms with Crippen molar-refractivity contribution in [3.63, 3.8) is 0 Å². The Balaban J connectivity index is 1.19. The summed E-state index contributed by atoms with van der Waals surface area (Å²) in [6.07, 6.45) is 0. The highest BCUT2D eigenvalue weighted by Crippen LogP contribution is 2.44. The van der Waals surface area contributed by atoms with Gasteiger partial charge < -0.3 is 4.57 Å². The molecule has 9 aromatic carbocycles. The van der Waals surface area contributed by atoms with Gasteiger partial charge in [0.05, 0.1) is 22.7 Å². The second kappa shape index (κ2) is 10.9. The van der Waals surface area contributed by atoms with Crippen LogP contribution in [0.5, 0.6) is 0 Å². The fourth-order valence-electron chi connectivity index (χ4n) is 8.00. The second-order valence-electron chi connectivity index (χ2n) is 13.3. The molecule has 232 valence electrons. The van der Waals surface area contributed by atoms with Crippen LogP contribution in [0.1, 0.15) is 11.1 Å². The maximum atomic E-state index is 9.19. The van der Waals surface area contributed by atoms with Crippen LogP contribution < -0.4 is 0 Å². The van der Waals surface area contributed by atoms with Gasteiger partial charge in [-0.05, 0) is 121 Å². The first-order valence-corrected chi connectivity index (χ1v) is 17.1. The average molecular weight is 635 g/mol. The Morgan fingerprint density at radius 2 is 0.980 bits per heavy atom. The minimum absolute atomic E-state index is 0.675. The van der Waals surface area contributed by atoms with Gasteiger partial charge in [-0.2, -0.15) is 5.26 Å². The third-order valence-electron chi connectivity index (χ3n) is 10.4. The summed E-state index contributed by atoms with van der Waals surface area (Å²) in [4.78, 5) is 0. The van der Waals surface area contributed by atoms with Crippen molar-refractivity contribution < 1.29 is 0 Å². The molecule has 0 fully saturated rings. The van der Waals surface area contributed by atoms with Gasteiger partial charge in [0.15, 0.2) is 0 Å². The number of fused-ring (bicyclic) bond motifs is 11. The lowest BCUT2D eigenvalue weighted by Gasteiger charge is -2.14. The lowest BCUT2D eigenvalue weighted by Crippen LogP contribution is -1.93. The fourth-order valence-corrected chi connectivity index (χ4v) is 8.00. The molecular formula is C48H30N2. The minimum Gasteiger partial charge on any atom is -0.309 e. The molecule has 10 rings (SSSR count). The van der Waals surface area contributed by atoms with Gasteiger partial charge in [0, 0.05) is 21.8 Å². The predicted molar refractivity (Wildman–Crippen MR) is 211 cm³/mol. The van der Waals surface area contributed by atoms with Gasteiger partial charge in [0.25, 0.3) is 0 Å². The molecule has 0 amide bonds. The summed E-state index contributed by atoms with van der Waals surface area (Å²) in [5.41, 5.74) is 10.2. The van der Waals surface area contributed by atoms with Gasteiger partial charge in [-0.3, -0.25) is 0 Å². The van der Waals surface area contributed by atoms with Crippen LogP contribution in [0.15, 0.2) is 164 Å². The van der Waals surface area contributed by atoms with E-state index in [1.807, 2.05) is 24.3 Å². The number of aryl methyl sites for hydroxylation is 1. The van der Waals surface area contributed by atoms with Crippen LogP contribution in [0.2, 0.25) is 0 Å². The largest absolute Gasteiger partial charge is 0.309 e. The smallest absolute Gasteiger partial charge is 0.0991 e. The quantitative estimate of drug-likeness (QED) is 0.178. The summed E-state index contributed by atoms with van der Waals surface area (Å²) in [6, 6.07) is 61.6. The number of aromatic nitrogens is 1. The number of para-hydroxylation sites is 1. The number of nitrogens with zero attached hydrogens (tertiary/aromatic N) is 2. The van der Waals surface area contributed by atoms with E-state index in [9.17, 15) is 5.26 Å². The number of hydrogen-bond acceptors (Lipinski definition) is 1. The van der Waals surface area contributed by atoms with Crippen molar-refractivity contribution >= 4 is 64.9 Å². The Morgan fingerprint density at radius 1 is 0.420 bits per heavy atom. The topological polar surface area (TPSA) is 28.7 Å². The number of benzene rings is 9. The zero-order chi connectivity index (χ0) is 33.3. The van der Waals surface area contributed by atoms with E-state index in [1.165, 1.54) is 87.3 Å². The summed E-state index contributed by atoms with van der Waals surface area (Å²) in [6.45, 7) is 2.14. The van der Waals surface area contributed by atoms with Crippen LogP contribution >= 0.6 is 0 Å². The molecule has 0 radical (unpaired) electrons. The summed E-state index contributed by atoms with van der Waals surface area (Å²) in [5.74, 6) is 0. The molecule has 0 saturated carbocycles. The number of hydrogen-bond donors (Lipinski definition) is 0. The van der Waals surface area contributed by atoms with E-state index in [2.05, 4.69) is 157 Å². The van der Waals surface area contributed by atoms with Crippen LogP contribution in [0.3, 0.4) is 0 Å². The number of rotatable bonds is 3. The summed E-state index contributed by atoms with van der Waals surface area (Å²) in [7, 11) is 0. The first kappa shape index (κ1) is 28.3. The Hall–Kier alpha value is -6.69. The maximum Gasteiger partial charge on any atom is 0.0991 e. The predicted octanol–water partition coefficient (Wildman–Crippen LogP) is 12.9. The highest BCUT2D eigenvalue weighted by atomic mass is 15.0. The summed E-state index contributed by atoms with van der Waals surface area (Å²) in [5, 5.41) is 21.8. The third-order valence-corrected chi connectivity index (χ3v) is 10.4. The van der Waals surface area contributed by atoms with Crippen molar-refractivity contribution in [3.05, 3.63) is 175 Å². The van der Waals surface area contributed by atoms with Crippen LogP contribution in [-0.4, -0.2) is 4.57 Å². The third kappa shape index (κ3) is 4.27. The van der Waals surface area contributed by atoms with Crippen molar-refractivity contribution in [2.24, 2.45) is 0 Å². The molecule has 0 spiro atoms. The molecule has 2 nitrogen and oxygen atoms in total. The van der Waals surface area contributed by atoms with E-state index in [1.54, 1.807) is 0 Å². The van der Waals surface area contributed by atoms with Gasteiger partial charge in [-0.1, -0.05) is 115 Å². The summed E-state index contributed by atoms with van der Waals surface area (Å²) >= 11 is 0. The highest BCUT2D eigenvalue weighted by Gasteiger charge is 2.19. The van der Waals surface area contributed by atoms with E-state index in [4.69, 9.17) is 0 Å². The van der Waals surface area contributed by atoms with Gasteiger partial charge >= 0.3 is 0 Å². The molecule has 0 atom stereocenters. The Bertz CT molecular complexity index is 3030. The summed E-state index contributed by atoms with van der Waals surface area (Å²) < 4.78 is 2.42. The highest BCUT2D eigenvalue weighted by molar-refractivity contribution is 6.35. The van der Waals surface area contributed by atoms with E-state index in [0.717, 1.165) is 11.1 Å². The van der Waals surface area contributed by atoms with Crippen LogP contribution in [-0.2, 0) is 0 Å². The van der Waals surface area contributed by atoms with E-state index >= 15 is 0 Å². The molecule has 0 N–H and O–H groups in total. The number of nitriles is 1. The first-order chi connectivity index (χ1) is 24.6. The van der Waals surface area contributed by atoms with Crippen LogP contribution in [0, 0.1) is 18.3 Å². The normalized spacial score (nSPS) is 11.7. The molecule has 50 heavy (non-hydrogen) atoms. The van der Waals surface area contributed by atoms with E-state index < -0.39 is 0 Å². The molecule has 0 aliphatic heterocycles. The maximum absolute atomic E-state index is 9.19. The molecule has 1 heterocycles. The van der Waals surface area contributed by atoms with Gasteiger partial charge in [-0.25, -0.2) is 0 Å². The van der Waals surface area contributed by atoms with Crippen molar-refractivity contribution in [2.75, 3.05) is 0 Å². The van der Waals surface area contributed by atoms with E-state index in [0.29, 0.717) is 5.56 Å². The molecule has 0 bridgehead atoms. The molecule has 0 saturated heterocycles. The first-order valence-electron chi connectivity index (χ1n) is 17.1. The van der Waals surface area contributed by atoms with Crippen molar-refractivity contribution in [1.29, 1.82) is 5.26 Å². The Morgan fingerprint density at radius 3 is 1.70 bits per heavy atom. The molecule has 1 aromatic heterocycles. The van der Waals surface area contributed by atoms with Crippen LogP contribution in [0.4, 0.5) is 0 Å². The molecular weight excluding hydrogens is 605 g/mol. The second-order valence-corrected chi connectivity index (χ2v) is 13.3. The standard InChI is InChI=1S/C48H30N2/c1-30-10-21-38(22-11-30)50-45-9-5-4-8-43(45)48-46(50)25-24-41-39-6-2-3-7-40(39)44-28-37(20-23-42(44)47(41)48)36-19-18-34-26-33(16-17-35(34)27-36)32-14-12-31(29-49)13-15-32/h2-28H,1H3. The Kier molecular flexibility index (Phi) is 6.19. The lowest BCUT2D eigenvalue weighted by atomic mass is 9.89. The molecule has 0 aliphatic rings. The molecule has 0 unspecified atom stereocenters. The average Bonchev–Trinajstić information content (AvgIpc) is 3.52. The zero-order valence-electron chi connectivity index (χ0n) is 27.5. The van der Waals surface area contributed by atoms with Crippen LogP contribution in [0.25, 0.3) is 92.8 Å². The van der Waals surface area contributed by atoms with Crippen molar-refractivity contribution in [1.82, 2.24) is 4.57 Å². The van der Waals surface area contributed by atoms with Crippen molar-refractivity contribution in [3.8, 4) is 34.0 Å².